The van der Waals surface area contributed by atoms with Gasteiger partial charge in [-0.15, -0.1) is 16.4 Å². The molecular weight excluding hydrogens is 416 g/mol. The summed E-state index contributed by atoms with van der Waals surface area (Å²) < 4.78 is 13.7. The Labute approximate surface area is 182 Å². The van der Waals surface area contributed by atoms with E-state index in [-0.39, 0.29) is 11.5 Å². The van der Waals surface area contributed by atoms with Crippen LogP contribution in [0.5, 0.6) is 11.5 Å². The second kappa shape index (κ2) is 9.00. The first kappa shape index (κ1) is 20.6. The van der Waals surface area contributed by atoms with Gasteiger partial charge in [0.25, 0.3) is 5.56 Å². The summed E-state index contributed by atoms with van der Waals surface area (Å²) in [5, 5.41) is 6.25. The number of rotatable bonds is 8. The summed E-state index contributed by atoms with van der Waals surface area (Å²) >= 11 is 1.67. The molecule has 0 unspecified atom stereocenters. The maximum absolute atomic E-state index is 12.6. The van der Waals surface area contributed by atoms with Crippen LogP contribution in [0.15, 0.2) is 52.9 Å². The molecule has 9 nitrogen and oxygen atoms in total. The molecule has 10 heteroatoms. The first-order valence-electron chi connectivity index (χ1n) is 9.59. The number of hydrogen-bond acceptors (Lipinski definition) is 8. The van der Waals surface area contributed by atoms with Crippen molar-refractivity contribution >= 4 is 17.3 Å². The number of hydrogen-bond donors (Lipinski definition) is 1. The second-order valence-corrected chi connectivity index (χ2v) is 7.80. The first-order valence-corrected chi connectivity index (χ1v) is 10.5. The minimum atomic E-state index is -0.160. The number of thiophene rings is 1. The van der Waals surface area contributed by atoms with Crippen LogP contribution in [0, 0.1) is 0 Å². The minimum absolute atomic E-state index is 0.110. The van der Waals surface area contributed by atoms with Crippen LogP contribution in [0.3, 0.4) is 0 Å². The van der Waals surface area contributed by atoms with Gasteiger partial charge in [0, 0.05) is 23.9 Å². The summed E-state index contributed by atoms with van der Waals surface area (Å²) in [6.45, 7) is 0.560. The highest BCUT2D eigenvalue weighted by Crippen LogP contribution is 2.28. The van der Waals surface area contributed by atoms with Crippen molar-refractivity contribution in [1.29, 1.82) is 0 Å². The van der Waals surface area contributed by atoms with E-state index in [4.69, 9.17) is 15.2 Å². The highest BCUT2D eigenvalue weighted by atomic mass is 32.1. The summed E-state index contributed by atoms with van der Waals surface area (Å²) in [6.07, 6.45) is 2.73. The standard InChI is InChI=1S/C21H22N6O3S/c1-29-16-6-5-14(10-17(16)30-2)11-19-24-21(22)25-27(19)18-12-20(28)26(13-23-18)8-7-15-4-3-9-31-15/h3-6,9-10,12-13H,7-8,11H2,1-2H3,(H2,22,25). The Balaban J connectivity index is 1.58. The molecule has 4 rings (SSSR count). The van der Waals surface area contributed by atoms with Crippen LogP contribution in [-0.4, -0.2) is 38.5 Å². The second-order valence-electron chi connectivity index (χ2n) is 6.77. The normalized spacial score (nSPS) is 10.9. The number of benzene rings is 1. The average Bonchev–Trinajstić information content (AvgIpc) is 3.42. The molecule has 0 radical (unpaired) electrons. The van der Waals surface area contributed by atoms with E-state index in [0.29, 0.717) is 36.1 Å². The molecule has 0 bridgehead atoms. The molecule has 2 N–H and O–H groups in total. The molecule has 0 aliphatic heterocycles. The van der Waals surface area contributed by atoms with E-state index in [0.717, 1.165) is 12.0 Å². The Morgan fingerprint density at radius 2 is 1.97 bits per heavy atom. The molecule has 0 saturated heterocycles. The lowest BCUT2D eigenvalue weighted by Crippen LogP contribution is -2.22. The lowest BCUT2D eigenvalue weighted by atomic mass is 10.1. The maximum Gasteiger partial charge on any atom is 0.255 e. The zero-order valence-electron chi connectivity index (χ0n) is 17.2. The molecule has 3 aromatic heterocycles. The molecule has 160 valence electrons. The summed E-state index contributed by atoms with van der Waals surface area (Å²) in [4.78, 5) is 22.6. The van der Waals surface area contributed by atoms with Crippen LogP contribution < -0.4 is 20.8 Å². The van der Waals surface area contributed by atoms with Crippen molar-refractivity contribution in [3.8, 4) is 17.3 Å². The zero-order chi connectivity index (χ0) is 21.8. The number of nitrogens with zero attached hydrogens (tertiary/aromatic N) is 5. The molecule has 0 fully saturated rings. The van der Waals surface area contributed by atoms with Gasteiger partial charge in [0.15, 0.2) is 17.3 Å². The van der Waals surface area contributed by atoms with E-state index >= 15 is 0 Å². The van der Waals surface area contributed by atoms with Gasteiger partial charge in [0.05, 0.1) is 20.5 Å². The summed E-state index contributed by atoms with van der Waals surface area (Å²) in [6, 6.07) is 11.1. The third-order valence-electron chi connectivity index (χ3n) is 4.76. The van der Waals surface area contributed by atoms with E-state index in [1.54, 1.807) is 30.1 Å². The molecule has 4 aromatic rings. The Bertz CT molecular complexity index is 1230. The van der Waals surface area contributed by atoms with E-state index in [9.17, 15) is 4.79 Å². The van der Waals surface area contributed by atoms with E-state index < -0.39 is 0 Å². The summed E-state index contributed by atoms with van der Waals surface area (Å²) in [7, 11) is 3.17. The molecule has 0 saturated carbocycles. The van der Waals surface area contributed by atoms with Crippen LogP contribution in [0.4, 0.5) is 5.95 Å². The van der Waals surface area contributed by atoms with E-state index in [1.165, 1.54) is 22.0 Å². The SMILES string of the molecule is COc1ccc(Cc2nc(N)nn2-c2cc(=O)n(CCc3cccs3)cn2)cc1OC. The fraction of sp³-hybridized carbons (Fsp3) is 0.238. The molecule has 3 heterocycles. The maximum atomic E-state index is 12.6. The van der Waals surface area contributed by atoms with E-state index in [1.807, 2.05) is 29.6 Å². The Morgan fingerprint density at radius 1 is 1.13 bits per heavy atom. The van der Waals surface area contributed by atoms with Crippen LogP contribution >= 0.6 is 11.3 Å². The van der Waals surface area contributed by atoms with Crippen molar-refractivity contribution in [2.24, 2.45) is 0 Å². The lowest BCUT2D eigenvalue weighted by Gasteiger charge is -2.10. The van der Waals surface area contributed by atoms with Crippen LogP contribution in [-0.2, 0) is 19.4 Å². The number of nitrogens with two attached hydrogens (primary N) is 1. The monoisotopic (exact) mass is 438 g/mol. The Kier molecular flexibility index (Phi) is 5.99. The molecule has 0 aliphatic carbocycles. The average molecular weight is 439 g/mol. The quantitative estimate of drug-likeness (QED) is 0.449. The number of ether oxygens (including phenoxy) is 2. The van der Waals surface area contributed by atoms with Crippen LogP contribution in [0.25, 0.3) is 5.82 Å². The van der Waals surface area contributed by atoms with Crippen molar-refractivity contribution in [2.45, 2.75) is 19.4 Å². The van der Waals surface area contributed by atoms with Crippen LogP contribution in [0.2, 0.25) is 0 Å². The van der Waals surface area contributed by atoms with Gasteiger partial charge in [-0.2, -0.15) is 9.67 Å². The fourth-order valence-corrected chi connectivity index (χ4v) is 3.92. The lowest BCUT2D eigenvalue weighted by molar-refractivity contribution is 0.354. The fourth-order valence-electron chi connectivity index (χ4n) is 3.22. The largest absolute Gasteiger partial charge is 0.493 e. The summed E-state index contributed by atoms with van der Waals surface area (Å²) in [5.41, 5.74) is 6.61. The number of aryl methyl sites for hydroxylation is 2. The molecule has 0 spiro atoms. The van der Waals surface area contributed by atoms with Crippen molar-refractivity contribution in [3.63, 3.8) is 0 Å². The van der Waals surface area contributed by atoms with Gasteiger partial charge in [0.1, 0.15) is 5.82 Å². The first-order chi connectivity index (χ1) is 15.1. The molecule has 0 amide bonds. The smallest absolute Gasteiger partial charge is 0.255 e. The van der Waals surface area contributed by atoms with Crippen molar-refractivity contribution in [3.05, 3.63) is 74.7 Å². The number of methoxy groups -OCH3 is 2. The molecule has 0 aliphatic rings. The molecule has 31 heavy (non-hydrogen) atoms. The number of aromatic nitrogens is 5. The van der Waals surface area contributed by atoms with Gasteiger partial charge in [0.2, 0.25) is 5.95 Å². The van der Waals surface area contributed by atoms with Crippen molar-refractivity contribution in [1.82, 2.24) is 24.3 Å². The Hall–Kier alpha value is -3.66. The zero-order valence-corrected chi connectivity index (χ0v) is 18.0. The van der Waals surface area contributed by atoms with E-state index in [2.05, 4.69) is 21.1 Å². The highest BCUT2D eigenvalue weighted by Gasteiger charge is 2.14. The van der Waals surface area contributed by atoms with Gasteiger partial charge in [-0.3, -0.25) is 9.36 Å². The minimum Gasteiger partial charge on any atom is -0.493 e. The number of nitrogen functional groups attached to an aromatic ring is 1. The van der Waals surface area contributed by atoms with Gasteiger partial charge in [-0.05, 0) is 35.6 Å². The summed E-state index contributed by atoms with van der Waals surface area (Å²) in [5.74, 6) is 2.30. The van der Waals surface area contributed by atoms with Crippen molar-refractivity contribution in [2.75, 3.05) is 20.0 Å². The van der Waals surface area contributed by atoms with Crippen molar-refractivity contribution < 1.29 is 9.47 Å². The predicted octanol–water partition coefficient (Wildman–Crippen LogP) is 2.32. The molecule has 1 aromatic carbocycles. The third-order valence-corrected chi connectivity index (χ3v) is 5.70. The topological polar surface area (TPSA) is 110 Å². The van der Waals surface area contributed by atoms with Crippen LogP contribution in [0.1, 0.15) is 16.3 Å². The van der Waals surface area contributed by atoms with Gasteiger partial charge < -0.3 is 15.2 Å². The Morgan fingerprint density at radius 3 is 2.68 bits per heavy atom. The van der Waals surface area contributed by atoms with Gasteiger partial charge in [-0.1, -0.05) is 12.1 Å². The van der Waals surface area contributed by atoms with Gasteiger partial charge >= 0.3 is 0 Å². The third kappa shape index (κ3) is 4.58. The number of anilines is 1. The molecule has 0 atom stereocenters. The van der Waals surface area contributed by atoms with Gasteiger partial charge in [-0.25, -0.2) is 4.98 Å². The molecular formula is C21H22N6O3S. The highest BCUT2D eigenvalue weighted by molar-refractivity contribution is 7.09. The predicted molar refractivity (Wildman–Crippen MR) is 118 cm³/mol.